The van der Waals surface area contributed by atoms with Crippen LogP contribution in [0.3, 0.4) is 0 Å². The Balaban J connectivity index is 0.000000211. The number of unbranched alkanes of at least 4 members (excludes halogenated alkanes) is 7. The lowest BCUT2D eigenvalue weighted by atomic mass is 9.70. The van der Waals surface area contributed by atoms with Crippen molar-refractivity contribution in [3.8, 4) is 63.8 Å². The smallest absolute Gasteiger partial charge is 0.334 e. The van der Waals surface area contributed by atoms with E-state index in [4.69, 9.17) is 30.5 Å². The normalized spacial score (nSPS) is 12.4. The summed E-state index contributed by atoms with van der Waals surface area (Å²) in [5.41, 5.74) is 11.8. The van der Waals surface area contributed by atoms with Crippen molar-refractivity contribution < 1.29 is 58.6 Å². The average Bonchev–Trinajstić information content (AvgIpc) is 1.68. The quantitative estimate of drug-likeness (QED) is 0.00546. The number of aromatic hydroxyl groups is 4. The average molecular weight is 1890 g/mol. The van der Waals surface area contributed by atoms with Crippen LogP contribution < -0.4 is 14.2 Å². The number of nitrogens with zero attached hydrogens (tertiary/aromatic N) is 9. The number of fused-ring (bicyclic) bond motifs is 3. The molecule has 2 unspecified atom stereocenters. The molecule has 0 saturated carbocycles. The summed E-state index contributed by atoms with van der Waals surface area (Å²) >= 11 is 8.38. The molecule has 0 radical (unpaired) electrons. The first-order chi connectivity index (χ1) is 64.3. The molecule has 1 aliphatic heterocycles. The topological polar surface area (TPSA) is 298 Å². The second-order valence-electron chi connectivity index (χ2n) is 37.2. The van der Waals surface area contributed by atoms with Crippen molar-refractivity contribution in [2.75, 3.05) is 26.8 Å². The number of phenolic OH excluding ortho intramolecular Hbond substituents is 4. The third-order valence-electron chi connectivity index (χ3n) is 23.3. The van der Waals surface area contributed by atoms with E-state index >= 15 is 0 Å². The molecule has 3 heterocycles. The Morgan fingerprint density at radius 1 is 0.533 bits per heavy atom. The third kappa shape index (κ3) is 30.9. The molecule has 1 aliphatic rings. The lowest BCUT2D eigenvalue weighted by Crippen LogP contribution is -2.27. The summed E-state index contributed by atoms with van der Waals surface area (Å²) in [5, 5.41) is 79.4. The van der Waals surface area contributed by atoms with Gasteiger partial charge in [-0.1, -0.05) is 294 Å². The van der Waals surface area contributed by atoms with Crippen molar-refractivity contribution in [2.45, 2.75) is 260 Å². The van der Waals surface area contributed by atoms with Gasteiger partial charge in [-0.2, -0.15) is 10.5 Å². The zero-order valence-electron chi connectivity index (χ0n) is 82.3. The first-order valence-electron chi connectivity index (χ1n) is 47.0. The molecule has 4 N–H and O–H groups in total. The molecule has 0 saturated heterocycles. The summed E-state index contributed by atoms with van der Waals surface area (Å²) in [5.74, 6) is -0.273. The molecule has 716 valence electrons. The maximum absolute atomic E-state index is 12.8. The van der Waals surface area contributed by atoms with Gasteiger partial charge in [-0.05, 0) is 201 Å². The maximum Gasteiger partial charge on any atom is 0.334 e. The highest BCUT2D eigenvalue weighted by Crippen LogP contribution is 2.59. The first-order valence-corrected chi connectivity index (χ1v) is 49.0. The van der Waals surface area contributed by atoms with Crippen LogP contribution in [0.25, 0.3) is 33.4 Å². The Kier molecular flexibility index (Phi) is 41.3. The SMILES string of the molecule is CC(C)(C)CC(C)(C)c1cc(-n2nc3ccccc3n2)c(O)c(C(C)(C)c2ccccc2)c1.CCCCC(CC)C(=O)Oc1ccc(OC(=O)C(CC)CCCC)c2c1SC(=C(C#N)C#N)S2.CCCCCCCCOC(=O)/C(=C/C=C/N(CC)CC)Cc1ccccc1.COc1ccc(C(=O)c2ccc(C)cc2O)c(O)c1.Cc1cc(-n2nc3ccc(Cl)cc3n2)c(O)c(C(C)(C)C)c1. The van der Waals surface area contributed by atoms with Crippen LogP contribution in [0.5, 0.6) is 40.2 Å². The number of allylic oxidation sites excluding steroid dienone is 3. The predicted molar refractivity (Wildman–Crippen MR) is 545 cm³/mol. The maximum atomic E-state index is 12.8. The number of carbonyl (C=O) groups excluding carboxylic acids is 4. The third-order valence-corrected chi connectivity index (χ3v) is 26.2. The molecule has 0 spiro atoms. The van der Waals surface area contributed by atoms with Crippen molar-refractivity contribution in [3.05, 3.63) is 265 Å². The van der Waals surface area contributed by atoms with Crippen LogP contribution in [0.15, 0.2) is 219 Å². The summed E-state index contributed by atoms with van der Waals surface area (Å²) in [6, 6.07) is 58.0. The summed E-state index contributed by atoms with van der Waals surface area (Å²) < 4.78 is 22.5. The van der Waals surface area contributed by atoms with Crippen LogP contribution in [0, 0.1) is 53.8 Å². The minimum absolute atomic E-state index is 0.0236. The molecule has 0 aliphatic carbocycles. The van der Waals surface area contributed by atoms with Gasteiger partial charge in [0.05, 0.1) is 50.7 Å². The Hall–Kier alpha value is -12.2. The van der Waals surface area contributed by atoms with Crippen molar-refractivity contribution >= 4 is 80.9 Å². The van der Waals surface area contributed by atoms with Gasteiger partial charge < -0.3 is 44.3 Å². The molecule has 12 rings (SSSR count). The highest BCUT2D eigenvalue weighted by Gasteiger charge is 2.36. The fraction of sp³-hybridized carbons (Fsp3) is 0.405. The van der Waals surface area contributed by atoms with Gasteiger partial charge in [0, 0.05) is 52.7 Å². The highest BCUT2D eigenvalue weighted by atomic mass is 35.5. The van der Waals surface area contributed by atoms with E-state index in [0.717, 1.165) is 121 Å². The second kappa shape index (κ2) is 51.5. The predicted octanol–water partition coefficient (Wildman–Crippen LogP) is 27.5. The Morgan fingerprint density at radius 2 is 1.04 bits per heavy atom. The van der Waals surface area contributed by atoms with Crippen molar-refractivity contribution in [3.63, 3.8) is 0 Å². The second-order valence-corrected chi connectivity index (χ2v) is 40.0. The number of carbonyl (C=O) groups is 4. The number of ketones is 1. The fourth-order valence-electron chi connectivity index (χ4n) is 15.8. The molecule has 21 nitrogen and oxygen atoms in total. The molecule has 0 bridgehead atoms. The van der Waals surface area contributed by atoms with E-state index in [-0.39, 0.29) is 85.7 Å². The molecule has 2 atom stereocenters. The first kappa shape index (κ1) is 108. The van der Waals surface area contributed by atoms with E-state index in [0.29, 0.717) is 84.6 Å². The van der Waals surface area contributed by atoms with E-state index in [2.05, 4.69) is 153 Å². The zero-order chi connectivity index (χ0) is 98.9. The van der Waals surface area contributed by atoms with Gasteiger partial charge in [0.25, 0.3) is 0 Å². The van der Waals surface area contributed by atoms with Crippen LogP contribution in [-0.4, -0.2) is 106 Å². The van der Waals surface area contributed by atoms with E-state index < -0.39 is 11.2 Å². The van der Waals surface area contributed by atoms with Gasteiger partial charge in [0.1, 0.15) is 91.4 Å². The van der Waals surface area contributed by atoms with Crippen molar-refractivity contribution in [2.24, 2.45) is 17.3 Å². The Labute approximate surface area is 812 Å². The van der Waals surface area contributed by atoms with Crippen LogP contribution >= 0.6 is 35.1 Å². The van der Waals surface area contributed by atoms with Gasteiger partial charge in [-0.15, -0.1) is 30.0 Å². The number of esters is 3. The summed E-state index contributed by atoms with van der Waals surface area (Å²) in [4.78, 5) is 56.9. The van der Waals surface area contributed by atoms with Crippen molar-refractivity contribution in [1.82, 2.24) is 34.9 Å². The minimum atomic E-state index is -0.433. The van der Waals surface area contributed by atoms with Gasteiger partial charge in [-0.25, -0.2) is 4.79 Å². The number of methoxy groups -OCH3 is 1. The van der Waals surface area contributed by atoms with Gasteiger partial charge in [0.2, 0.25) is 0 Å². The molecule has 0 amide bonds. The molecular weight excluding hydrogens is 1750 g/mol. The molecule has 0 fully saturated rings. The number of rotatable bonds is 35. The number of phenols is 4. The molecule has 11 aromatic rings. The monoisotopic (exact) mass is 1890 g/mol. The summed E-state index contributed by atoms with van der Waals surface area (Å²) in [6.07, 6.45) is 21.4. The van der Waals surface area contributed by atoms with E-state index in [1.54, 1.807) is 41.2 Å². The number of ether oxygens (including phenoxy) is 4. The molecular formula is C111H136ClN9O12S2. The van der Waals surface area contributed by atoms with E-state index in [9.17, 15) is 50.1 Å². The lowest BCUT2D eigenvalue weighted by molar-refractivity contribution is -0.140. The van der Waals surface area contributed by atoms with Gasteiger partial charge in [-0.3, -0.25) is 14.4 Å². The van der Waals surface area contributed by atoms with Crippen LogP contribution in [-0.2, 0) is 41.8 Å². The number of hydrogen-bond donors (Lipinski definition) is 4. The van der Waals surface area contributed by atoms with E-state index in [1.165, 1.54) is 90.9 Å². The van der Waals surface area contributed by atoms with Crippen LogP contribution in [0.2, 0.25) is 5.02 Å². The van der Waals surface area contributed by atoms with Gasteiger partial charge >= 0.3 is 17.9 Å². The highest BCUT2D eigenvalue weighted by molar-refractivity contribution is 8.24. The molecule has 2 aromatic heterocycles. The summed E-state index contributed by atoms with van der Waals surface area (Å²) in [7, 11) is 1.47. The molecule has 24 heteroatoms. The standard InChI is InChI=1S/C29H35N3O.C26H32N2O4S2.C24H37NO2.C17H18ClN3O.C15H14O4/c1-27(2,3)19-28(4,5)21-17-22(29(6,7)20-13-9-8-10-14-20)26(33)25(18-21)32-30-23-15-11-12-16-24(23)31-32;1-5-9-11-17(7-3)24(29)31-20-13-14-21(32-25(30)18(8-4)12-10-6-2)23-22(20)33-26(34-23)19(15-27)16-28;1-4-7-8-9-10-14-20-27-24(26)23(18-15-19-25(5-2)6-3)21-22-16-12-11-13-17-22;1-10-7-12(17(2,3)4)16(22)15(8-10)21-19-13-6-5-11(18)9-14(13)20-21;1-9-3-5-11(13(16)7-9)15(18)12-6-4-10(19-2)8-14(12)17/h8-18,33H,19H2,1-7H3;13-14,17-18H,5-12H2,1-4H3;11-13,15-19H,4-10,14,20-21H2,1-3H3;5-9,22H,1-4H3;3-8,16-17H,1-2H3/b;;19-15+,23-18+;;. The minimum Gasteiger partial charge on any atom is -0.507 e. The Bertz CT molecular complexity index is 5900. The fourth-order valence-corrected chi connectivity index (χ4v) is 18.4. The van der Waals surface area contributed by atoms with Gasteiger partial charge in [0.15, 0.2) is 5.78 Å². The van der Waals surface area contributed by atoms with Crippen molar-refractivity contribution in [1.29, 1.82) is 10.5 Å². The number of hydrogen-bond acceptors (Lipinski definition) is 21. The van der Waals surface area contributed by atoms with E-state index in [1.807, 2.05) is 149 Å². The Morgan fingerprint density at radius 3 is 1.55 bits per heavy atom. The number of halogens is 1. The number of nitriles is 2. The molecule has 135 heavy (non-hydrogen) atoms. The number of aryl methyl sites for hydroxylation is 2. The lowest BCUT2D eigenvalue weighted by Gasteiger charge is -2.35. The largest absolute Gasteiger partial charge is 0.507 e. The van der Waals surface area contributed by atoms with Crippen LogP contribution in [0.1, 0.15) is 269 Å². The van der Waals surface area contributed by atoms with Crippen LogP contribution in [0.4, 0.5) is 0 Å². The summed E-state index contributed by atoms with van der Waals surface area (Å²) in [6.45, 7) is 42.7. The number of thioether (sulfide) groups is 2. The number of benzene rings is 9. The number of aromatic nitrogens is 6. The zero-order valence-corrected chi connectivity index (χ0v) is 84.7. The molecule has 9 aromatic carbocycles.